The fourth-order valence-electron chi connectivity index (χ4n) is 3.33. The standard InChI is InChI=1S/C17H21N5O4/c1-10-8-22(16(25)20-14(10)23)13-5-7-21(9-17(13,3)26)15(24)12-4-6-18-11(2)19-12/h4,6,8,13,26H,5,7,9H2,1-3H3,(H,20,23,25)/t13-,17-/m0/s1. The molecule has 1 fully saturated rings. The third kappa shape index (κ3) is 3.30. The molecule has 9 nitrogen and oxygen atoms in total. The van der Waals surface area contributed by atoms with E-state index in [9.17, 15) is 19.5 Å². The molecule has 1 amide bonds. The predicted molar refractivity (Wildman–Crippen MR) is 93.0 cm³/mol. The van der Waals surface area contributed by atoms with E-state index in [0.29, 0.717) is 24.4 Å². The molecule has 0 radical (unpaired) electrons. The molecule has 2 aromatic rings. The van der Waals surface area contributed by atoms with E-state index in [0.717, 1.165) is 0 Å². The topological polar surface area (TPSA) is 121 Å². The number of β-amino-alcohol motifs (C(OH)–C–C–N with tert-alkyl or cyclic N) is 1. The van der Waals surface area contributed by atoms with E-state index < -0.39 is 22.9 Å². The van der Waals surface area contributed by atoms with Gasteiger partial charge in [-0.3, -0.25) is 19.1 Å². The lowest BCUT2D eigenvalue weighted by Gasteiger charge is -2.43. The number of amides is 1. The van der Waals surface area contributed by atoms with Crippen molar-refractivity contribution in [3.05, 3.63) is 56.4 Å². The molecule has 0 unspecified atom stereocenters. The molecule has 9 heteroatoms. The van der Waals surface area contributed by atoms with E-state index in [2.05, 4.69) is 15.0 Å². The summed E-state index contributed by atoms with van der Waals surface area (Å²) in [5.41, 5.74) is -1.71. The Hall–Kier alpha value is -2.81. The second kappa shape index (κ2) is 6.49. The zero-order valence-electron chi connectivity index (χ0n) is 14.9. The molecular formula is C17H21N5O4. The highest BCUT2D eigenvalue weighted by Crippen LogP contribution is 2.31. The number of nitrogens with one attached hydrogen (secondary N) is 1. The number of H-pyrrole nitrogens is 1. The van der Waals surface area contributed by atoms with Crippen LogP contribution in [0.5, 0.6) is 0 Å². The fraction of sp³-hybridized carbons (Fsp3) is 0.471. The van der Waals surface area contributed by atoms with Crippen LogP contribution < -0.4 is 11.2 Å². The molecule has 0 aromatic carbocycles. The average molecular weight is 359 g/mol. The normalized spacial score (nSPS) is 23.1. The summed E-state index contributed by atoms with van der Waals surface area (Å²) in [7, 11) is 0. The van der Waals surface area contributed by atoms with Crippen molar-refractivity contribution < 1.29 is 9.90 Å². The Bertz CT molecular complexity index is 962. The van der Waals surface area contributed by atoms with Crippen LogP contribution in [0.2, 0.25) is 0 Å². The van der Waals surface area contributed by atoms with Gasteiger partial charge >= 0.3 is 5.69 Å². The van der Waals surface area contributed by atoms with Crippen molar-refractivity contribution in [2.24, 2.45) is 0 Å². The van der Waals surface area contributed by atoms with E-state index in [-0.39, 0.29) is 18.1 Å². The maximum atomic E-state index is 12.7. The molecule has 2 N–H and O–H groups in total. The number of aliphatic hydroxyl groups is 1. The number of piperidine rings is 1. The monoisotopic (exact) mass is 359 g/mol. The van der Waals surface area contributed by atoms with Crippen molar-refractivity contribution in [1.29, 1.82) is 0 Å². The highest BCUT2D eigenvalue weighted by Gasteiger charge is 2.41. The minimum absolute atomic E-state index is 0.0458. The van der Waals surface area contributed by atoms with Gasteiger partial charge in [0, 0.05) is 24.5 Å². The minimum atomic E-state index is -1.34. The summed E-state index contributed by atoms with van der Waals surface area (Å²) in [6.07, 6.45) is 3.34. The fourth-order valence-corrected chi connectivity index (χ4v) is 3.33. The molecule has 138 valence electrons. The van der Waals surface area contributed by atoms with Gasteiger partial charge in [0.1, 0.15) is 17.1 Å². The van der Waals surface area contributed by atoms with Crippen LogP contribution in [0.3, 0.4) is 0 Å². The molecule has 2 aromatic heterocycles. The van der Waals surface area contributed by atoms with E-state index in [1.54, 1.807) is 20.8 Å². The first-order valence-electron chi connectivity index (χ1n) is 8.32. The van der Waals surface area contributed by atoms with Crippen molar-refractivity contribution in [1.82, 2.24) is 24.4 Å². The SMILES string of the molecule is Cc1nccc(C(=O)N2CC[C@H](n3cc(C)c(=O)[nH]c3=O)[C@@](C)(O)C2)n1. The Morgan fingerprint density at radius 3 is 2.77 bits per heavy atom. The van der Waals surface area contributed by atoms with Crippen LogP contribution in [0.25, 0.3) is 0 Å². The van der Waals surface area contributed by atoms with Crippen LogP contribution in [0.1, 0.15) is 41.3 Å². The van der Waals surface area contributed by atoms with Gasteiger partial charge < -0.3 is 10.0 Å². The molecule has 0 bridgehead atoms. The number of likely N-dealkylation sites (tertiary alicyclic amines) is 1. The minimum Gasteiger partial charge on any atom is -0.386 e. The smallest absolute Gasteiger partial charge is 0.328 e. The Labute approximate surface area is 149 Å². The van der Waals surface area contributed by atoms with Gasteiger partial charge in [-0.15, -0.1) is 0 Å². The number of carbonyl (C=O) groups is 1. The van der Waals surface area contributed by atoms with Crippen LogP contribution >= 0.6 is 0 Å². The third-order valence-electron chi connectivity index (χ3n) is 4.67. The largest absolute Gasteiger partial charge is 0.386 e. The van der Waals surface area contributed by atoms with E-state index in [1.165, 1.54) is 27.9 Å². The Kier molecular flexibility index (Phi) is 4.49. The van der Waals surface area contributed by atoms with E-state index in [1.807, 2.05) is 0 Å². The summed E-state index contributed by atoms with van der Waals surface area (Å²) in [4.78, 5) is 48.2. The lowest BCUT2D eigenvalue weighted by Crippen LogP contribution is -2.56. The molecule has 0 aliphatic carbocycles. The van der Waals surface area contributed by atoms with Gasteiger partial charge in [0.25, 0.3) is 11.5 Å². The van der Waals surface area contributed by atoms with Crippen molar-refractivity contribution in [2.75, 3.05) is 13.1 Å². The summed E-state index contributed by atoms with van der Waals surface area (Å²) in [6.45, 7) is 5.27. The zero-order valence-corrected chi connectivity index (χ0v) is 14.9. The number of hydrogen-bond acceptors (Lipinski definition) is 6. The predicted octanol–water partition coefficient (Wildman–Crippen LogP) is -0.218. The number of aryl methyl sites for hydroxylation is 2. The van der Waals surface area contributed by atoms with Gasteiger partial charge in [-0.25, -0.2) is 14.8 Å². The summed E-state index contributed by atoms with van der Waals surface area (Å²) < 4.78 is 1.34. The average Bonchev–Trinajstić information content (AvgIpc) is 2.57. The molecule has 26 heavy (non-hydrogen) atoms. The molecule has 2 atom stereocenters. The molecule has 1 saturated heterocycles. The third-order valence-corrected chi connectivity index (χ3v) is 4.67. The van der Waals surface area contributed by atoms with Gasteiger partial charge in [0.05, 0.1) is 12.6 Å². The Morgan fingerprint density at radius 1 is 1.38 bits per heavy atom. The summed E-state index contributed by atoms with van der Waals surface area (Å²) in [6, 6.07) is 0.980. The maximum absolute atomic E-state index is 12.7. The first-order chi connectivity index (χ1) is 12.2. The molecule has 3 rings (SSSR count). The number of nitrogens with zero attached hydrogens (tertiary/aromatic N) is 4. The number of rotatable bonds is 2. The van der Waals surface area contributed by atoms with Crippen LogP contribution in [-0.4, -0.2) is 54.1 Å². The lowest BCUT2D eigenvalue weighted by molar-refractivity contribution is -0.0505. The van der Waals surface area contributed by atoms with Gasteiger partial charge in [0.15, 0.2) is 0 Å². The zero-order chi connectivity index (χ0) is 19.1. The molecule has 0 spiro atoms. The highest BCUT2D eigenvalue weighted by atomic mass is 16.3. The number of aromatic nitrogens is 4. The lowest BCUT2D eigenvalue weighted by atomic mass is 9.88. The maximum Gasteiger partial charge on any atom is 0.328 e. The van der Waals surface area contributed by atoms with Gasteiger partial charge in [0.2, 0.25) is 0 Å². The Balaban J connectivity index is 1.86. The van der Waals surface area contributed by atoms with Gasteiger partial charge in [-0.05, 0) is 33.3 Å². The van der Waals surface area contributed by atoms with Crippen LogP contribution in [0.4, 0.5) is 0 Å². The summed E-state index contributed by atoms with van der Waals surface area (Å²) in [5, 5.41) is 10.9. The summed E-state index contributed by atoms with van der Waals surface area (Å²) >= 11 is 0. The van der Waals surface area contributed by atoms with Gasteiger partial charge in [-0.2, -0.15) is 0 Å². The molecule has 0 saturated carbocycles. The van der Waals surface area contributed by atoms with Crippen LogP contribution in [0, 0.1) is 13.8 Å². The second-order valence-electron chi connectivity index (χ2n) is 6.86. The number of hydrogen-bond donors (Lipinski definition) is 2. The number of carbonyl (C=O) groups excluding carboxylic acids is 1. The van der Waals surface area contributed by atoms with Gasteiger partial charge in [-0.1, -0.05) is 0 Å². The van der Waals surface area contributed by atoms with E-state index in [4.69, 9.17) is 0 Å². The molecular weight excluding hydrogens is 338 g/mol. The van der Waals surface area contributed by atoms with Crippen LogP contribution in [-0.2, 0) is 0 Å². The van der Waals surface area contributed by atoms with Crippen molar-refractivity contribution >= 4 is 5.91 Å². The number of aromatic amines is 1. The summed E-state index contributed by atoms with van der Waals surface area (Å²) in [5.74, 6) is 0.201. The molecule has 3 heterocycles. The van der Waals surface area contributed by atoms with Crippen molar-refractivity contribution in [2.45, 2.75) is 38.8 Å². The second-order valence-corrected chi connectivity index (χ2v) is 6.86. The molecule has 1 aliphatic heterocycles. The Morgan fingerprint density at radius 2 is 2.12 bits per heavy atom. The first-order valence-corrected chi connectivity index (χ1v) is 8.32. The van der Waals surface area contributed by atoms with Crippen molar-refractivity contribution in [3.8, 4) is 0 Å². The van der Waals surface area contributed by atoms with Crippen molar-refractivity contribution in [3.63, 3.8) is 0 Å². The first kappa shape index (κ1) is 18.0. The van der Waals surface area contributed by atoms with Crippen LogP contribution in [0.15, 0.2) is 28.0 Å². The van der Waals surface area contributed by atoms with E-state index >= 15 is 0 Å². The quantitative estimate of drug-likeness (QED) is 0.765. The highest BCUT2D eigenvalue weighted by molar-refractivity contribution is 5.92. The molecule has 1 aliphatic rings.